The van der Waals surface area contributed by atoms with Crippen LogP contribution in [0.4, 0.5) is 0 Å². The summed E-state index contributed by atoms with van der Waals surface area (Å²) in [5.74, 6) is 0. The number of rotatable bonds is 5. The Bertz CT molecular complexity index is 285. The molecule has 3 atom stereocenters. The molecule has 0 fully saturated rings. The van der Waals surface area contributed by atoms with Gasteiger partial charge in [0.25, 0.3) is 0 Å². The fourth-order valence-corrected chi connectivity index (χ4v) is 2.95. The highest BCUT2D eigenvalue weighted by Crippen LogP contribution is 2.62. The predicted molar refractivity (Wildman–Crippen MR) is 40.7 cm³/mol. The topological polar surface area (TPSA) is 156 Å². The lowest BCUT2D eigenvalue weighted by atomic mass is 11.6. The van der Waals surface area contributed by atoms with Gasteiger partial charge in [0.1, 0.15) is 0 Å². The molecule has 0 saturated heterocycles. The molecule has 0 aliphatic rings. The van der Waals surface area contributed by atoms with Gasteiger partial charge in [-0.3, -0.25) is 9.46 Å². The summed E-state index contributed by atoms with van der Waals surface area (Å²) >= 11 is 0. The van der Waals surface area contributed by atoms with Gasteiger partial charge < -0.3 is 10.6 Å². The van der Waals surface area contributed by atoms with Crippen LogP contribution in [0.5, 0.6) is 0 Å². The molecule has 78 valence electrons. The Balaban J connectivity index is 4.43. The van der Waals surface area contributed by atoms with Gasteiger partial charge in [0, 0.05) is 4.57 Å². The minimum atomic E-state index is -5.01. The molecular weight excluding hydrogens is 247 g/mol. The van der Waals surface area contributed by atoms with Crippen molar-refractivity contribution in [1.82, 2.24) is 0 Å². The molecule has 13 heavy (non-hydrogen) atoms. The first-order chi connectivity index (χ1) is 5.68. The molecule has 5 N–H and O–H groups in total. The van der Waals surface area contributed by atoms with Crippen LogP contribution in [0.2, 0.25) is 0 Å². The first kappa shape index (κ1) is 13.3. The minimum Gasteiger partial charge on any atom is -0.323 e. The summed E-state index contributed by atoms with van der Waals surface area (Å²) in [7, 11) is -12.9. The van der Waals surface area contributed by atoms with E-state index in [0.29, 0.717) is 0 Å². The molecule has 0 heterocycles. The Hall–Kier alpha value is 0.320. The second kappa shape index (κ2) is 4.70. The molecule has 12 heteroatoms. The molecule has 0 aliphatic heterocycles. The predicted octanol–water partition coefficient (Wildman–Crippen LogP) is -0.129. The summed E-state index contributed by atoms with van der Waals surface area (Å²) in [6.07, 6.45) is -0.914. The Kier molecular flexibility index (Phi) is 4.82. The molecule has 3 unspecified atom stereocenters. The van der Waals surface area contributed by atoms with Gasteiger partial charge in [-0.05, 0) is 4.31 Å². The number of nitrogens with two attached hydrogens (primary N) is 1. The fourth-order valence-electron chi connectivity index (χ4n) is 0.298. The second-order valence-electron chi connectivity index (χ2n) is 1.69. The van der Waals surface area contributed by atoms with Gasteiger partial charge in [-0.25, -0.2) is 8.88 Å². The van der Waals surface area contributed by atoms with E-state index in [1.165, 1.54) is 0 Å². The molecule has 0 rings (SSSR count). The lowest BCUT2D eigenvalue weighted by Crippen LogP contribution is -2.02. The normalized spacial score (nSPS) is 21.7. The second-order valence-corrected chi connectivity index (χ2v) is 6.05. The minimum absolute atomic E-state index is 0.914. The largest absolute Gasteiger partial charge is 0.705 e. The van der Waals surface area contributed by atoms with E-state index < -0.39 is 30.0 Å². The van der Waals surface area contributed by atoms with E-state index in [9.17, 15) is 13.7 Å². The third kappa shape index (κ3) is 6.40. The highest BCUT2D eigenvalue weighted by Gasteiger charge is 2.40. The first-order valence-corrected chi connectivity index (χ1v) is 6.99. The zero-order valence-electron chi connectivity index (χ0n) is 6.01. The summed E-state index contributed by atoms with van der Waals surface area (Å²) in [6, 6.07) is 0. The van der Waals surface area contributed by atoms with Gasteiger partial charge >= 0.3 is 23.7 Å². The average molecular weight is 254 g/mol. The van der Waals surface area contributed by atoms with Crippen molar-refractivity contribution in [2.24, 2.45) is 5.73 Å². The Morgan fingerprint density at radius 1 is 1.38 bits per heavy atom. The smallest absolute Gasteiger partial charge is 0.323 e. The van der Waals surface area contributed by atoms with Crippen molar-refractivity contribution in [3.05, 3.63) is 0 Å². The maximum Gasteiger partial charge on any atom is 0.705 e. The number of hydrogen-bond acceptors (Lipinski definition) is 6. The van der Waals surface area contributed by atoms with Crippen LogP contribution in [0.25, 0.3) is 0 Å². The molecule has 0 aromatic rings. The van der Waals surface area contributed by atoms with Crippen molar-refractivity contribution in [2.45, 2.75) is 0 Å². The molecule has 0 aromatic carbocycles. The third-order valence-corrected chi connectivity index (χ3v) is 4.33. The van der Waals surface area contributed by atoms with Gasteiger partial charge in [-0.15, -0.1) is 4.89 Å². The van der Waals surface area contributed by atoms with Gasteiger partial charge in [-0.2, -0.15) is 0 Å². The van der Waals surface area contributed by atoms with Crippen LogP contribution in [-0.4, -0.2) is 21.0 Å². The van der Waals surface area contributed by atoms with Crippen molar-refractivity contribution in [3.63, 3.8) is 0 Å². The van der Waals surface area contributed by atoms with Crippen molar-refractivity contribution in [2.75, 3.05) is 6.29 Å². The zero-order valence-corrected chi connectivity index (χ0v) is 8.69. The van der Waals surface area contributed by atoms with Crippen LogP contribution in [0, 0.1) is 0 Å². The van der Waals surface area contributed by atoms with Crippen LogP contribution in [-0.2, 0) is 22.3 Å². The first-order valence-electron chi connectivity index (χ1n) is 2.60. The Morgan fingerprint density at radius 3 is 2.15 bits per heavy atom. The summed E-state index contributed by atoms with van der Waals surface area (Å²) in [4.78, 5) is 25.2. The van der Waals surface area contributed by atoms with Crippen LogP contribution in [0.15, 0.2) is 0 Å². The summed E-state index contributed by atoms with van der Waals surface area (Å²) in [5, 5.41) is 0. The molecule has 0 amide bonds. The zero-order chi connectivity index (χ0) is 10.7. The number of hydrogen-bond donors (Lipinski definition) is 4. The average Bonchev–Trinajstić information content (AvgIpc) is 1.81. The molecule has 0 spiro atoms. The van der Waals surface area contributed by atoms with Gasteiger partial charge in [0.2, 0.25) is 0 Å². The lowest BCUT2D eigenvalue weighted by Gasteiger charge is -2.09. The van der Waals surface area contributed by atoms with E-state index in [1.54, 1.807) is 0 Å². The van der Waals surface area contributed by atoms with Gasteiger partial charge in [0.05, 0.1) is 6.29 Å². The van der Waals surface area contributed by atoms with E-state index >= 15 is 0 Å². The van der Waals surface area contributed by atoms with E-state index in [0.717, 1.165) is 0 Å². The summed E-state index contributed by atoms with van der Waals surface area (Å²) < 4.78 is 38.1. The van der Waals surface area contributed by atoms with E-state index in [4.69, 9.17) is 14.7 Å². The molecule has 0 aliphatic carbocycles. The third-order valence-electron chi connectivity index (χ3n) is 0.635. The Labute approximate surface area is 73.6 Å². The lowest BCUT2D eigenvalue weighted by molar-refractivity contribution is 0.263. The maximum absolute atomic E-state index is 10.6. The molecular formula is CH7NO8P3+. The molecule has 0 aromatic heterocycles. The Morgan fingerprint density at radius 2 is 1.85 bits per heavy atom. The van der Waals surface area contributed by atoms with Crippen molar-refractivity contribution < 1.29 is 37.0 Å². The SMILES string of the molecule is NCP(=O)(O)OP(=O)(O)O[P+](=O)O. The molecule has 0 saturated carbocycles. The highest BCUT2D eigenvalue weighted by atomic mass is 31.3. The summed E-state index contributed by atoms with van der Waals surface area (Å²) in [5.41, 5.74) is 4.68. The maximum atomic E-state index is 10.6. The van der Waals surface area contributed by atoms with E-state index in [-0.39, 0.29) is 0 Å². The van der Waals surface area contributed by atoms with Crippen LogP contribution >= 0.6 is 23.7 Å². The standard InChI is InChI=1S/CH6NO8P3/c2-1-12(5,6)10-13(7,8)9-11(3)4/h1-2H2,(H2-,3,4,5,6,7,8)/p+1. The van der Waals surface area contributed by atoms with Crippen LogP contribution < -0.4 is 5.73 Å². The molecule has 0 bridgehead atoms. The van der Waals surface area contributed by atoms with Crippen LogP contribution in [0.3, 0.4) is 0 Å². The van der Waals surface area contributed by atoms with Crippen molar-refractivity contribution in [3.8, 4) is 0 Å². The van der Waals surface area contributed by atoms with E-state index in [2.05, 4.69) is 14.4 Å². The van der Waals surface area contributed by atoms with Gasteiger partial charge in [-0.1, -0.05) is 0 Å². The summed E-state index contributed by atoms with van der Waals surface area (Å²) in [6.45, 7) is 0. The van der Waals surface area contributed by atoms with E-state index in [1.807, 2.05) is 0 Å². The quantitative estimate of drug-likeness (QED) is 0.490. The fraction of sp³-hybridized carbons (Fsp3) is 1.00. The van der Waals surface area contributed by atoms with Crippen molar-refractivity contribution >= 4 is 23.7 Å². The highest BCUT2D eigenvalue weighted by molar-refractivity contribution is 7.66. The monoisotopic (exact) mass is 254 g/mol. The number of phosphoric acid groups is 1. The molecule has 0 radical (unpaired) electrons. The molecule has 9 nitrogen and oxygen atoms in total. The van der Waals surface area contributed by atoms with Crippen molar-refractivity contribution in [1.29, 1.82) is 0 Å². The van der Waals surface area contributed by atoms with Crippen LogP contribution in [0.1, 0.15) is 0 Å². The van der Waals surface area contributed by atoms with Gasteiger partial charge in [0.15, 0.2) is 0 Å².